The Balaban J connectivity index is 0.00000865. The Kier molecular flexibility index (Phi) is 17.9. The van der Waals surface area contributed by atoms with Gasteiger partial charge in [-0.25, -0.2) is 14.8 Å². The Hall–Kier alpha value is -9.71. The van der Waals surface area contributed by atoms with Gasteiger partial charge in [-0.3, -0.25) is 38.4 Å². The van der Waals surface area contributed by atoms with Gasteiger partial charge in [0.25, 0.3) is 11.8 Å². The number of carbonyl (C=O) groups excluding carboxylic acids is 3. The maximum atomic E-state index is 12.6. The first kappa shape index (κ1) is 59.9. The van der Waals surface area contributed by atoms with Crippen LogP contribution in [0.3, 0.4) is 0 Å². The van der Waals surface area contributed by atoms with Gasteiger partial charge in [0.1, 0.15) is 0 Å². The minimum absolute atomic E-state index is 0. The predicted octanol–water partition coefficient (Wildman–Crippen LogP) is 6.55. The largest absolute Gasteiger partial charge is 2.00 e. The third kappa shape index (κ3) is 13.5. The Morgan fingerprint density at radius 3 is 1.06 bits per heavy atom. The van der Waals surface area contributed by atoms with Crippen LogP contribution in [-0.4, -0.2) is 119 Å². The van der Waals surface area contributed by atoms with Crippen molar-refractivity contribution in [3.05, 3.63) is 93.5 Å². The Bertz CT molecular complexity index is 4140. The average Bonchev–Trinajstić information content (AvgIpc) is 1.78. The van der Waals surface area contributed by atoms with Crippen molar-refractivity contribution in [1.82, 2.24) is 44.9 Å². The number of nitrogens with zero attached hydrogens (tertiary/aromatic N) is 9. The first-order valence-electron chi connectivity index (χ1n) is 26.9. The minimum atomic E-state index is -1.10. The van der Waals surface area contributed by atoms with Gasteiger partial charge < -0.3 is 65.4 Å². The number of hydroxylamine groups is 2. The number of amides is 2. The van der Waals surface area contributed by atoms with Crippen molar-refractivity contribution in [3.8, 4) is 45.6 Å². The van der Waals surface area contributed by atoms with E-state index in [0.717, 1.165) is 5.56 Å². The Labute approximate surface area is 493 Å². The van der Waals surface area contributed by atoms with E-state index >= 15 is 0 Å². The van der Waals surface area contributed by atoms with E-state index in [2.05, 4.69) is 0 Å². The molecule has 1 fully saturated rings. The molecule has 0 unspecified atom stereocenters. The fourth-order valence-electron chi connectivity index (χ4n) is 10.5. The summed E-state index contributed by atoms with van der Waals surface area (Å²) in [7, 11) is 0. The number of carbonyl (C=O) groups is 9. The molecule has 0 aliphatic carbocycles. The molecule has 430 valence electrons. The molecule has 6 heterocycles. The fraction of sp³-hybridized carbons (Fsp3) is 0.305. The quantitative estimate of drug-likeness (QED) is 0.0212. The second-order valence-electron chi connectivity index (χ2n) is 20.5. The number of hydrogen-bond donors (Lipinski definition) is 6. The third-order valence-corrected chi connectivity index (χ3v) is 14.7. The molecule has 3 aliphatic rings. The van der Waals surface area contributed by atoms with Crippen molar-refractivity contribution in [2.24, 2.45) is 0 Å². The molecule has 1 saturated heterocycles. The van der Waals surface area contributed by atoms with Crippen molar-refractivity contribution in [1.29, 1.82) is 0 Å². The van der Waals surface area contributed by atoms with Crippen LogP contribution < -0.4 is 9.97 Å². The zero-order valence-corrected chi connectivity index (χ0v) is 48.4. The number of hydrogen-bond acceptors (Lipinski definition) is 16. The normalized spacial score (nSPS) is 12.5. The number of carboxylic acids is 6. The van der Waals surface area contributed by atoms with E-state index in [1.54, 1.807) is 42.5 Å². The maximum Gasteiger partial charge on any atom is 2.00 e. The van der Waals surface area contributed by atoms with Crippen molar-refractivity contribution < 1.29 is 98.1 Å². The molecule has 6 N–H and O–H groups in total. The topological polar surface area (TPSA) is 393 Å². The van der Waals surface area contributed by atoms with Crippen LogP contribution in [0.4, 0.5) is 0 Å². The van der Waals surface area contributed by atoms with Gasteiger partial charge in [0.15, 0.2) is 0 Å². The summed E-state index contributed by atoms with van der Waals surface area (Å²) in [5, 5.41) is 60.9. The summed E-state index contributed by atoms with van der Waals surface area (Å²) in [6.45, 7) is 0. The van der Waals surface area contributed by atoms with Gasteiger partial charge in [0.05, 0.1) is 23.3 Å². The van der Waals surface area contributed by atoms with Crippen molar-refractivity contribution >= 4 is 97.7 Å². The van der Waals surface area contributed by atoms with Crippen molar-refractivity contribution in [2.75, 3.05) is 0 Å². The van der Waals surface area contributed by atoms with E-state index in [-0.39, 0.29) is 162 Å². The molecular weight excluding hydrogens is 1160 g/mol. The average molecular weight is 1210 g/mol. The van der Waals surface area contributed by atoms with Crippen LogP contribution in [0.25, 0.3) is 89.7 Å². The molecule has 0 radical (unpaired) electrons. The maximum absolute atomic E-state index is 12.6. The number of rotatable bonds is 24. The molecule has 85 heavy (non-hydrogen) atoms. The second-order valence-corrected chi connectivity index (χ2v) is 20.5. The number of imide groups is 1. The molecule has 25 nitrogen and oxygen atoms in total. The zero-order valence-electron chi connectivity index (χ0n) is 45.4. The monoisotopic (exact) mass is 1210 g/mol. The van der Waals surface area contributed by atoms with Gasteiger partial charge >= 0.3 is 61.3 Å². The molecule has 0 saturated carbocycles. The van der Waals surface area contributed by atoms with Gasteiger partial charge in [-0.15, -0.1) is 5.06 Å². The molecular formula is C59H51N9O16Zn. The van der Waals surface area contributed by atoms with Crippen LogP contribution >= 0.6 is 0 Å². The molecule has 10 rings (SSSR count). The van der Waals surface area contributed by atoms with Crippen molar-refractivity contribution in [3.63, 3.8) is 0 Å². The summed E-state index contributed by atoms with van der Waals surface area (Å²) in [5.41, 5.74) is 5.66. The minimum Gasteiger partial charge on any atom is -0.481 e. The number of fused-ring (bicyclic) bond motifs is 20. The van der Waals surface area contributed by atoms with E-state index < -0.39 is 53.6 Å². The Morgan fingerprint density at radius 1 is 0.400 bits per heavy atom. The number of aromatic nitrogens is 8. The summed E-state index contributed by atoms with van der Waals surface area (Å²) in [5.74, 6) is -8.25. The molecule has 0 spiro atoms. The standard InChI is InChI=1S/C59H53N9O16.Zn/c69-43-13-14-44(70)68(43)84-51(83)4-2-1-3-28-5-12-35-36(21-28)53-60-52(35)61-54-37-22-29(6-15-45(71)72)30(7-16-46(73)74)23-38(37)56(63-54)65-58-41-26-33(10-19-49(79)80)34(11-20-50(81)82)27-42(41)59(67-58)66-57-40-25-32(9-18-48(77)78)31(8-17-47(75)76)24-39(40)55(62-53)64-57;/h5,12,21-27H,1-4,6-11,13-20H2,(H8,60,61,62,63,64,65,66,67,71,72,73,74,75,76,77,78,79,80,81,82);/q;+2/p-2. The number of aryl methyl sites for hydroxylation is 7. The Morgan fingerprint density at radius 2 is 0.718 bits per heavy atom. The summed E-state index contributed by atoms with van der Waals surface area (Å²) in [6.07, 6.45) is -0.681. The number of aliphatic carboxylic acids is 6. The molecule has 4 aromatic carbocycles. The molecule has 26 heteroatoms. The van der Waals surface area contributed by atoms with Crippen LogP contribution in [0, 0.1) is 0 Å². The van der Waals surface area contributed by atoms with E-state index in [1.807, 2.05) is 12.1 Å². The predicted molar refractivity (Wildman–Crippen MR) is 294 cm³/mol. The zero-order chi connectivity index (χ0) is 59.5. The summed E-state index contributed by atoms with van der Waals surface area (Å²) < 4.78 is 0. The molecule has 7 aromatic rings. The molecule has 3 aliphatic heterocycles. The molecule has 8 bridgehead atoms. The summed E-state index contributed by atoms with van der Waals surface area (Å²) in [6, 6.07) is 15.6. The van der Waals surface area contributed by atoms with Gasteiger partial charge in [0.2, 0.25) is 0 Å². The molecule has 2 amide bonds. The number of unbranched alkanes of at least 4 members (excludes halogenated alkanes) is 1. The molecule has 0 atom stereocenters. The van der Waals surface area contributed by atoms with Crippen LogP contribution in [0.2, 0.25) is 0 Å². The second kappa shape index (κ2) is 25.4. The fourth-order valence-corrected chi connectivity index (χ4v) is 10.5. The van der Waals surface area contributed by atoms with Crippen molar-refractivity contribution in [2.45, 2.75) is 116 Å². The first-order chi connectivity index (χ1) is 40.2. The van der Waals surface area contributed by atoms with Gasteiger partial charge in [-0.1, -0.05) is 18.2 Å². The molecule has 3 aromatic heterocycles. The summed E-state index contributed by atoms with van der Waals surface area (Å²) >= 11 is 0. The van der Waals surface area contributed by atoms with Crippen LogP contribution in [0.1, 0.15) is 110 Å². The number of carboxylic acid groups (broad SMARTS) is 6. The summed E-state index contributed by atoms with van der Waals surface area (Å²) in [4.78, 5) is 154. The van der Waals surface area contributed by atoms with Crippen LogP contribution in [0.5, 0.6) is 0 Å². The smallest absolute Gasteiger partial charge is 0.481 e. The van der Waals surface area contributed by atoms with E-state index in [1.165, 1.54) is 0 Å². The SMILES string of the molecule is O=C(O)CCc1cc2c(cc1CCC(=O)O)-c1nc-2nc2[n-]c(nc3nc(nc4[n-]c(n1)c1cc(CCC(=O)O)c(CCC(=O)O)cc41)-c1cc(CCC(=O)O)c(CCC(=O)O)cc1-3)c1cc(CCCCC(=O)ON3C(=O)CCC3=O)ccc21.[Zn+2]. The van der Waals surface area contributed by atoms with E-state index in [9.17, 15) is 73.8 Å². The van der Waals surface area contributed by atoms with E-state index in [4.69, 9.17) is 44.7 Å². The first-order valence-corrected chi connectivity index (χ1v) is 26.9. The van der Waals surface area contributed by atoms with Crippen LogP contribution in [-0.2, 0) is 112 Å². The number of benzene rings is 4. The van der Waals surface area contributed by atoms with Crippen LogP contribution in [0.15, 0.2) is 54.6 Å². The third-order valence-electron chi connectivity index (χ3n) is 14.7. The van der Waals surface area contributed by atoms with Gasteiger partial charge in [0, 0.05) is 103 Å². The van der Waals surface area contributed by atoms with Gasteiger partial charge in [-0.05, 0) is 155 Å². The van der Waals surface area contributed by atoms with E-state index in [0.29, 0.717) is 102 Å². The van der Waals surface area contributed by atoms with Gasteiger partial charge in [-0.2, -0.15) is 0 Å².